The normalized spacial score (nSPS) is 20.8. The Hall–Kier alpha value is -1.38. The molecule has 1 atom stereocenters. The monoisotopic (exact) mass is 218 g/mol. The van der Waals surface area contributed by atoms with Gasteiger partial charge in [0.2, 0.25) is 5.91 Å². The van der Waals surface area contributed by atoms with Gasteiger partial charge in [-0.2, -0.15) is 0 Å². The Labute approximate surface area is 96.5 Å². The molecule has 0 bridgehead atoms. The second-order valence-electron chi connectivity index (χ2n) is 4.54. The van der Waals surface area contributed by atoms with E-state index in [-0.39, 0.29) is 5.91 Å². The summed E-state index contributed by atoms with van der Waals surface area (Å²) in [6.45, 7) is 3.50. The Bertz CT molecular complexity index is 350. The van der Waals surface area contributed by atoms with Crippen LogP contribution in [-0.4, -0.2) is 28.9 Å². The quantitative estimate of drug-likeness (QED) is 0.759. The highest BCUT2D eigenvalue weighted by atomic mass is 16.2. The van der Waals surface area contributed by atoms with Gasteiger partial charge in [0.15, 0.2) is 0 Å². The number of rotatable bonds is 2. The van der Waals surface area contributed by atoms with Crippen LogP contribution in [0, 0.1) is 5.92 Å². The Balaban J connectivity index is 1.93. The van der Waals surface area contributed by atoms with Crippen LogP contribution in [0.1, 0.15) is 25.3 Å². The van der Waals surface area contributed by atoms with Crippen molar-refractivity contribution >= 4 is 5.91 Å². The molecular weight excluding hydrogens is 200 g/mol. The molecule has 86 valence electrons. The molecule has 0 radical (unpaired) electrons. The molecule has 0 aromatic carbocycles. The molecule has 16 heavy (non-hydrogen) atoms. The van der Waals surface area contributed by atoms with Crippen molar-refractivity contribution in [3.63, 3.8) is 0 Å². The summed E-state index contributed by atoms with van der Waals surface area (Å²) in [5.74, 6) is 0.803. The van der Waals surface area contributed by atoms with Crippen molar-refractivity contribution in [1.82, 2.24) is 9.88 Å². The molecule has 1 aromatic rings. The second kappa shape index (κ2) is 5.10. The number of nitrogens with zero attached hydrogens (tertiary/aromatic N) is 2. The molecule has 2 rings (SSSR count). The molecule has 1 unspecified atom stereocenters. The molecule has 1 saturated heterocycles. The lowest BCUT2D eigenvalue weighted by Crippen LogP contribution is -2.39. The molecule has 0 saturated carbocycles. The van der Waals surface area contributed by atoms with Crippen molar-refractivity contribution in [2.45, 2.75) is 26.2 Å². The molecule has 0 aliphatic carbocycles. The first kappa shape index (κ1) is 11.1. The van der Waals surface area contributed by atoms with Crippen LogP contribution in [-0.2, 0) is 11.2 Å². The molecule has 0 N–H and O–H groups in total. The van der Waals surface area contributed by atoms with Crippen LogP contribution in [0.3, 0.4) is 0 Å². The third kappa shape index (κ3) is 2.81. The molecule has 2 heterocycles. The smallest absolute Gasteiger partial charge is 0.219 e. The molecular formula is C13H18N2O. The fraction of sp³-hybridized carbons (Fsp3) is 0.538. The Morgan fingerprint density at radius 2 is 2.50 bits per heavy atom. The molecule has 0 spiro atoms. The summed E-state index contributed by atoms with van der Waals surface area (Å²) in [5, 5.41) is 0. The third-order valence-electron chi connectivity index (χ3n) is 3.21. The van der Waals surface area contributed by atoms with Crippen molar-refractivity contribution in [3.8, 4) is 0 Å². The maximum absolute atomic E-state index is 11.3. The highest BCUT2D eigenvalue weighted by Crippen LogP contribution is 2.20. The lowest BCUT2D eigenvalue weighted by Gasteiger charge is -2.32. The maximum atomic E-state index is 11.3. The number of likely N-dealkylation sites (tertiary alicyclic amines) is 1. The number of amides is 1. The van der Waals surface area contributed by atoms with Gasteiger partial charge in [0.05, 0.1) is 0 Å². The zero-order chi connectivity index (χ0) is 11.4. The van der Waals surface area contributed by atoms with E-state index in [1.807, 2.05) is 17.2 Å². The molecule has 1 aliphatic rings. The first-order valence-corrected chi connectivity index (χ1v) is 5.90. The van der Waals surface area contributed by atoms with Crippen molar-refractivity contribution in [2.24, 2.45) is 5.92 Å². The van der Waals surface area contributed by atoms with Crippen LogP contribution in [0.5, 0.6) is 0 Å². The standard InChI is InChI=1S/C13H18N2O/c1-11(16)15-7-3-5-13(10-15)8-12-4-2-6-14-9-12/h2,4,6,9,13H,3,5,7-8,10H2,1H3. The summed E-state index contributed by atoms with van der Waals surface area (Å²) in [5.41, 5.74) is 1.28. The van der Waals surface area contributed by atoms with Crippen LogP contribution in [0.15, 0.2) is 24.5 Å². The number of pyridine rings is 1. The topological polar surface area (TPSA) is 33.2 Å². The van der Waals surface area contributed by atoms with Crippen molar-refractivity contribution in [1.29, 1.82) is 0 Å². The zero-order valence-electron chi connectivity index (χ0n) is 9.72. The Morgan fingerprint density at radius 1 is 1.62 bits per heavy atom. The predicted molar refractivity (Wildman–Crippen MR) is 62.9 cm³/mol. The van der Waals surface area contributed by atoms with Gasteiger partial charge in [-0.1, -0.05) is 6.07 Å². The first-order chi connectivity index (χ1) is 7.75. The van der Waals surface area contributed by atoms with Gasteiger partial charge in [-0.25, -0.2) is 0 Å². The van der Waals surface area contributed by atoms with Crippen molar-refractivity contribution in [2.75, 3.05) is 13.1 Å². The van der Waals surface area contributed by atoms with Crippen LogP contribution < -0.4 is 0 Å². The van der Waals surface area contributed by atoms with E-state index in [1.54, 1.807) is 13.1 Å². The van der Waals surface area contributed by atoms with E-state index in [1.165, 1.54) is 12.0 Å². The van der Waals surface area contributed by atoms with Gasteiger partial charge in [-0.15, -0.1) is 0 Å². The molecule has 1 aromatic heterocycles. The first-order valence-electron chi connectivity index (χ1n) is 5.90. The van der Waals surface area contributed by atoms with E-state index in [0.717, 1.165) is 25.9 Å². The van der Waals surface area contributed by atoms with Gasteiger partial charge in [-0.3, -0.25) is 9.78 Å². The van der Waals surface area contributed by atoms with Gasteiger partial charge in [-0.05, 0) is 36.8 Å². The highest BCUT2D eigenvalue weighted by Gasteiger charge is 2.21. The Kier molecular flexibility index (Phi) is 3.54. The van der Waals surface area contributed by atoms with Gasteiger partial charge < -0.3 is 4.90 Å². The van der Waals surface area contributed by atoms with Gasteiger partial charge in [0.1, 0.15) is 0 Å². The van der Waals surface area contributed by atoms with Crippen molar-refractivity contribution in [3.05, 3.63) is 30.1 Å². The number of carbonyl (C=O) groups is 1. The van der Waals surface area contributed by atoms with E-state index in [9.17, 15) is 4.79 Å². The summed E-state index contributed by atoms with van der Waals surface area (Å²) in [4.78, 5) is 17.4. The highest BCUT2D eigenvalue weighted by molar-refractivity contribution is 5.73. The summed E-state index contributed by atoms with van der Waals surface area (Å²) in [6.07, 6.45) is 7.11. The van der Waals surface area contributed by atoms with E-state index in [2.05, 4.69) is 11.1 Å². The number of carbonyl (C=O) groups excluding carboxylic acids is 1. The largest absolute Gasteiger partial charge is 0.343 e. The van der Waals surface area contributed by atoms with Gasteiger partial charge in [0, 0.05) is 32.4 Å². The van der Waals surface area contributed by atoms with Crippen LogP contribution in [0.2, 0.25) is 0 Å². The Morgan fingerprint density at radius 3 is 3.19 bits per heavy atom. The third-order valence-corrected chi connectivity index (χ3v) is 3.21. The lowest BCUT2D eigenvalue weighted by molar-refractivity contribution is -0.130. The molecule has 1 amide bonds. The molecule has 3 heteroatoms. The average Bonchev–Trinajstić information content (AvgIpc) is 2.30. The molecule has 3 nitrogen and oxygen atoms in total. The van der Waals surface area contributed by atoms with E-state index < -0.39 is 0 Å². The molecule has 1 fully saturated rings. The predicted octanol–water partition coefficient (Wildman–Crippen LogP) is 1.88. The number of aromatic nitrogens is 1. The van der Waals surface area contributed by atoms with Crippen LogP contribution in [0.4, 0.5) is 0 Å². The van der Waals surface area contributed by atoms with E-state index in [4.69, 9.17) is 0 Å². The summed E-state index contributed by atoms with van der Waals surface area (Å²) in [7, 11) is 0. The summed E-state index contributed by atoms with van der Waals surface area (Å²) in [6, 6.07) is 4.08. The van der Waals surface area contributed by atoms with Gasteiger partial charge >= 0.3 is 0 Å². The SMILES string of the molecule is CC(=O)N1CCCC(Cc2cccnc2)C1. The van der Waals surface area contributed by atoms with E-state index >= 15 is 0 Å². The second-order valence-corrected chi connectivity index (χ2v) is 4.54. The maximum Gasteiger partial charge on any atom is 0.219 e. The minimum Gasteiger partial charge on any atom is -0.343 e. The van der Waals surface area contributed by atoms with E-state index in [0.29, 0.717) is 5.92 Å². The average molecular weight is 218 g/mol. The lowest BCUT2D eigenvalue weighted by atomic mass is 9.92. The van der Waals surface area contributed by atoms with Crippen LogP contribution in [0.25, 0.3) is 0 Å². The fourth-order valence-electron chi connectivity index (χ4n) is 2.37. The van der Waals surface area contributed by atoms with Gasteiger partial charge in [0.25, 0.3) is 0 Å². The summed E-state index contributed by atoms with van der Waals surface area (Å²) >= 11 is 0. The number of piperidine rings is 1. The molecule has 1 aliphatic heterocycles. The fourth-order valence-corrected chi connectivity index (χ4v) is 2.37. The minimum atomic E-state index is 0.205. The zero-order valence-corrected chi connectivity index (χ0v) is 9.72. The van der Waals surface area contributed by atoms with Crippen molar-refractivity contribution < 1.29 is 4.79 Å². The number of hydrogen-bond donors (Lipinski definition) is 0. The van der Waals surface area contributed by atoms with Crippen LogP contribution >= 0.6 is 0 Å². The summed E-state index contributed by atoms with van der Waals surface area (Å²) < 4.78 is 0. The minimum absolute atomic E-state index is 0.205. The number of hydrogen-bond acceptors (Lipinski definition) is 2.